The van der Waals surface area contributed by atoms with Crippen LogP contribution in [0.1, 0.15) is 23.9 Å². The third-order valence-electron chi connectivity index (χ3n) is 4.45. The fourth-order valence-corrected chi connectivity index (χ4v) is 4.43. The largest absolute Gasteiger partial charge is 0.272 e. The van der Waals surface area contributed by atoms with E-state index in [9.17, 15) is 8.42 Å². The zero-order chi connectivity index (χ0) is 18.7. The van der Waals surface area contributed by atoms with Crippen molar-refractivity contribution in [2.45, 2.75) is 38.4 Å². The lowest BCUT2D eigenvalue weighted by Gasteiger charge is -2.22. The minimum atomic E-state index is -3.70. The van der Waals surface area contributed by atoms with Crippen LogP contribution in [0.15, 0.2) is 53.7 Å². The number of aryl methyl sites for hydroxylation is 2. The predicted molar refractivity (Wildman–Crippen MR) is 98.7 cm³/mol. The molecular formula is C18H23N5O2S. The third kappa shape index (κ3) is 3.56. The number of aromatic nitrogens is 4. The van der Waals surface area contributed by atoms with E-state index in [1.54, 1.807) is 24.9 Å². The van der Waals surface area contributed by atoms with Crippen LogP contribution >= 0.6 is 0 Å². The highest BCUT2D eigenvalue weighted by atomic mass is 32.2. The number of sulfonamides is 1. The van der Waals surface area contributed by atoms with E-state index in [1.165, 1.54) is 10.5 Å². The fraction of sp³-hybridized carbons (Fsp3) is 0.333. The Balaban J connectivity index is 2.00. The molecule has 0 unspecified atom stereocenters. The first-order chi connectivity index (χ1) is 12.4. The maximum absolute atomic E-state index is 13.3. The van der Waals surface area contributed by atoms with E-state index in [-0.39, 0.29) is 18.0 Å². The monoisotopic (exact) mass is 373 g/mol. The molecule has 0 atom stereocenters. The number of hydrogen-bond acceptors (Lipinski definition) is 4. The lowest BCUT2D eigenvalue weighted by molar-refractivity contribution is 0.386. The van der Waals surface area contributed by atoms with Gasteiger partial charge in [-0.25, -0.2) is 8.42 Å². The van der Waals surface area contributed by atoms with Gasteiger partial charge in [-0.3, -0.25) is 9.36 Å². The van der Waals surface area contributed by atoms with Gasteiger partial charge in [0.15, 0.2) is 0 Å². The highest BCUT2D eigenvalue weighted by Crippen LogP contribution is 2.23. The molecule has 0 saturated heterocycles. The summed E-state index contributed by atoms with van der Waals surface area (Å²) in [4.78, 5) is 0.235. The summed E-state index contributed by atoms with van der Waals surface area (Å²) in [7, 11) is -1.96. The first-order valence-corrected chi connectivity index (χ1v) is 9.91. The third-order valence-corrected chi connectivity index (χ3v) is 6.35. The molecule has 0 N–H and O–H groups in total. The SMILES string of the molecule is CCn1nccc1CN(Cc1ccccc1)S(=O)(=O)c1cnn(C)c1C. The molecule has 3 rings (SSSR count). The van der Waals surface area contributed by atoms with E-state index in [0.29, 0.717) is 12.2 Å². The minimum Gasteiger partial charge on any atom is -0.272 e. The van der Waals surface area contributed by atoms with Crippen molar-refractivity contribution in [1.29, 1.82) is 0 Å². The van der Waals surface area contributed by atoms with Gasteiger partial charge in [0, 0.05) is 26.3 Å². The summed E-state index contributed by atoms with van der Waals surface area (Å²) in [5.74, 6) is 0. The Morgan fingerprint density at radius 2 is 1.81 bits per heavy atom. The molecule has 1 aromatic carbocycles. The van der Waals surface area contributed by atoms with E-state index < -0.39 is 10.0 Å². The summed E-state index contributed by atoms with van der Waals surface area (Å²) in [5, 5.41) is 8.35. The van der Waals surface area contributed by atoms with Gasteiger partial charge in [0.05, 0.1) is 24.1 Å². The molecule has 0 spiro atoms. The van der Waals surface area contributed by atoms with E-state index in [0.717, 1.165) is 11.3 Å². The van der Waals surface area contributed by atoms with Crippen molar-refractivity contribution in [1.82, 2.24) is 23.9 Å². The zero-order valence-electron chi connectivity index (χ0n) is 15.2. The van der Waals surface area contributed by atoms with Crippen molar-refractivity contribution in [3.05, 3.63) is 65.7 Å². The van der Waals surface area contributed by atoms with Crippen LogP contribution < -0.4 is 0 Å². The first-order valence-electron chi connectivity index (χ1n) is 8.47. The second-order valence-corrected chi connectivity index (χ2v) is 8.02. The summed E-state index contributed by atoms with van der Waals surface area (Å²) in [6.45, 7) is 4.97. The lowest BCUT2D eigenvalue weighted by Crippen LogP contribution is -2.31. The van der Waals surface area contributed by atoms with Gasteiger partial charge in [0.25, 0.3) is 0 Å². The summed E-state index contributed by atoms with van der Waals surface area (Å²) >= 11 is 0. The Hall–Kier alpha value is -2.45. The molecular weight excluding hydrogens is 350 g/mol. The molecule has 0 bridgehead atoms. The molecule has 0 fully saturated rings. The predicted octanol–water partition coefficient (Wildman–Crippen LogP) is 2.34. The van der Waals surface area contributed by atoms with Crippen LogP contribution in [0.3, 0.4) is 0 Å². The van der Waals surface area contributed by atoms with Crippen molar-refractivity contribution in [2.24, 2.45) is 7.05 Å². The van der Waals surface area contributed by atoms with Crippen LogP contribution in [-0.4, -0.2) is 32.3 Å². The Morgan fingerprint density at radius 1 is 1.08 bits per heavy atom. The highest BCUT2D eigenvalue weighted by molar-refractivity contribution is 7.89. The molecule has 0 radical (unpaired) electrons. The molecule has 7 nitrogen and oxygen atoms in total. The van der Waals surface area contributed by atoms with Crippen molar-refractivity contribution in [3.63, 3.8) is 0 Å². The van der Waals surface area contributed by atoms with Gasteiger partial charge in [0.1, 0.15) is 4.90 Å². The van der Waals surface area contributed by atoms with E-state index in [1.807, 2.05) is 48.0 Å². The van der Waals surface area contributed by atoms with Crippen molar-refractivity contribution in [2.75, 3.05) is 0 Å². The van der Waals surface area contributed by atoms with Crippen molar-refractivity contribution >= 4 is 10.0 Å². The maximum Gasteiger partial charge on any atom is 0.247 e. The molecule has 2 aromatic heterocycles. The van der Waals surface area contributed by atoms with Gasteiger partial charge in [-0.05, 0) is 25.5 Å². The van der Waals surface area contributed by atoms with E-state index in [2.05, 4.69) is 10.2 Å². The number of rotatable bonds is 7. The summed E-state index contributed by atoms with van der Waals surface area (Å²) in [6.07, 6.45) is 3.11. The standard InChI is InChI=1S/C18H23N5O2S/c1-4-23-17(10-11-19-23)14-22(13-16-8-6-5-7-9-16)26(24,25)18-12-20-21(3)15(18)2/h5-12H,4,13-14H2,1-3H3. The number of hydrogen-bond donors (Lipinski definition) is 0. The van der Waals surface area contributed by atoms with E-state index in [4.69, 9.17) is 0 Å². The Kier molecular flexibility index (Phi) is 5.24. The summed E-state index contributed by atoms with van der Waals surface area (Å²) in [6, 6.07) is 11.4. The zero-order valence-corrected chi connectivity index (χ0v) is 16.0. The fourth-order valence-electron chi connectivity index (χ4n) is 2.84. The first kappa shape index (κ1) is 18.3. The minimum absolute atomic E-state index is 0.235. The van der Waals surface area contributed by atoms with Crippen molar-refractivity contribution in [3.8, 4) is 0 Å². The molecule has 3 aromatic rings. The highest BCUT2D eigenvalue weighted by Gasteiger charge is 2.29. The van der Waals surface area contributed by atoms with E-state index >= 15 is 0 Å². The van der Waals surface area contributed by atoms with Crippen LogP contribution in [-0.2, 0) is 36.7 Å². The van der Waals surface area contributed by atoms with Crippen LogP contribution in [0.4, 0.5) is 0 Å². The van der Waals surface area contributed by atoms with Gasteiger partial charge in [-0.15, -0.1) is 0 Å². The molecule has 2 heterocycles. The second kappa shape index (κ2) is 7.43. The molecule has 26 heavy (non-hydrogen) atoms. The van der Waals surface area contributed by atoms with Gasteiger partial charge in [0.2, 0.25) is 10.0 Å². The normalized spacial score (nSPS) is 12.0. The van der Waals surface area contributed by atoms with Crippen LogP contribution in [0.2, 0.25) is 0 Å². The Bertz CT molecular complexity index is 976. The molecule has 0 aliphatic heterocycles. The van der Waals surface area contributed by atoms with Crippen LogP contribution in [0.25, 0.3) is 0 Å². The van der Waals surface area contributed by atoms with Gasteiger partial charge >= 0.3 is 0 Å². The molecule has 0 saturated carbocycles. The smallest absolute Gasteiger partial charge is 0.247 e. The van der Waals surface area contributed by atoms with Gasteiger partial charge < -0.3 is 0 Å². The Labute approximate surface area is 153 Å². The molecule has 0 amide bonds. The summed E-state index contributed by atoms with van der Waals surface area (Å²) in [5.41, 5.74) is 2.40. The second-order valence-electron chi connectivity index (χ2n) is 6.11. The lowest BCUT2D eigenvalue weighted by atomic mass is 10.2. The van der Waals surface area contributed by atoms with Crippen LogP contribution in [0.5, 0.6) is 0 Å². The van der Waals surface area contributed by atoms with Crippen LogP contribution in [0, 0.1) is 6.92 Å². The molecule has 8 heteroatoms. The average Bonchev–Trinajstić information content (AvgIpc) is 3.22. The van der Waals surface area contributed by atoms with Crippen molar-refractivity contribution < 1.29 is 8.42 Å². The number of nitrogens with zero attached hydrogens (tertiary/aromatic N) is 5. The van der Waals surface area contributed by atoms with Gasteiger partial charge in [-0.2, -0.15) is 14.5 Å². The molecule has 138 valence electrons. The summed E-state index contributed by atoms with van der Waals surface area (Å²) < 4.78 is 31.5. The number of benzene rings is 1. The molecule has 0 aliphatic rings. The maximum atomic E-state index is 13.3. The molecule has 0 aliphatic carbocycles. The topological polar surface area (TPSA) is 73.0 Å². The Morgan fingerprint density at radius 3 is 2.42 bits per heavy atom. The quantitative estimate of drug-likeness (QED) is 0.637. The van der Waals surface area contributed by atoms with Gasteiger partial charge in [-0.1, -0.05) is 30.3 Å². The average molecular weight is 373 g/mol.